The molecule has 2 aromatic rings. The van der Waals surface area contributed by atoms with Gasteiger partial charge >= 0.3 is 5.97 Å². The number of thiazole rings is 1. The second kappa shape index (κ2) is 8.84. The third kappa shape index (κ3) is 4.77. The quantitative estimate of drug-likeness (QED) is 0.727. The van der Waals surface area contributed by atoms with Crippen molar-refractivity contribution < 1.29 is 14.3 Å². The van der Waals surface area contributed by atoms with Gasteiger partial charge in [-0.1, -0.05) is 38.1 Å². The molecule has 1 amide bonds. The maximum atomic E-state index is 12.6. The lowest BCUT2D eigenvalue weighted by Crippen LogP contribution is -2.41. The fourth-order valence-electron chi connectivity index (χ4n) is 3.19. The summed E-state index contributed by atoms with van der Waals surface area (Å²) in [7, 11) is 0. The molecule has 3 unspecified atom stereocenters. The summed E-state index contributed by atoms with van der Waals surface area (Å²) in [5.41, 5.74) is 5.05. The molecule has 6 nitrogen and oxygen atoms in total. The molecule has 0 saturated carbocycles. The number of amides is 1. The number of carbonyl (C=O) groups excluding carboxylic acids is 2. The third-order valence-corrected chi connectivity index (χ3v) is 5.92. The molecular weight excluding hydrogens is 374 g/mol. The smallest absolute Gasteiger partial charge is 0.308 e. The summed E-state index contributed by atoms with van der Waals surface area (Å²) >= 11 is 1.63. The lowest BCUT2D eigenvalue weighted by molar-refractivity contribution is -0.152. The van der Waals surface area contributed by atoms with Crippen LogP contribution >= 0.6 is 11.3 Å². The van der Waals surface area contributed by atoms with Crippen LogP contribution in [-0.2, 0) is 14.3 Å². The molecule has 3 rings (SSSR count). The molecule has 1 aromatic heterocycles. The normalized spacial score (nSPS) is 20.2. The lowest BCUT2D eigenvalue weighted by Gasteiger charge is -2.18. The van der Waals surface area contributed by atoms with Crippen molar-refractivity contribution in [2.24, 2.45) is 5.92 Å². The van der Waals surface area contributed by atoms with E-state index in [0.717, 1.165) is 16.8 Å². The number of benzene rings is 1. The molecular formula is C21H27N3O3S. The molecule has 1 aliphatic rings. The van der Waals surface area contributed by atoms with Crippen molar-refractivity contribution in [1.29, 1.82) is 0 Å². The highest BCUT2D eigenvalue weighted by Crippen LogP contribution is 2.28. The Morgan fingerprint density at radius 3 is 2.57 bits per heavy atom. The van der Waals surface area contributed by atoms with E-state index in [1.807, 2.05) is 31.5 Å². The van der Waals surface area contributed by atoms with Gasteiger partial charge < -0.3 is 15.4 Å². The average Bonchev–Trinajstić information content (AvgIpc) is 3.30. The van der Waals surface area contributed by atoms with E-state index in [1.165, 1.54) is 4.88 Å². The first-order valence-corrected chi connectivity index (χ1v) is 10.5. The van der Waals surface area contributed by atoms with E-state index in [1.54, 1.807) is 25.2 Å². The van der Waals surface area contributed by atoms with Crippen LogP contribution < -0.4 is 10.6 Å². The van der Waals surface area contributed by atoms with Crippen molar-refractivity contribution in [3.63, 3.8) is 0 Å². The SMILES string of the molecule is Cc1ncsc1-c1ccc(C(C)NC(=O)C2CC(OC(=O)C(C)C)CN2)cc1. The second-order valence-electron chi connectivity index (χ2n) is 7.53. The summed E-state index contributed by atoms with van der Waals surface area (Å²) in [6, 6.07) is 7.75. The molecule has 0 spiro atoms. The van der Waals surface area contributed by atoms with Crippen molar-refractivity contribution in [2.75, 3.05) is 6.54 Å². The number of aryl methyl sites for hydroxylation is 1. The number of ether oxygens (including phenoxy) is 1. The van der Waals surface area contributed by atoms with Gasteiger partial charge in [0.15, 0.2) is 0 Å². The summed E-state index contributed by atoms with van der Waals surface area (Å²) < 4.78 is 5.42. The Kier molecular flexibility index (Phi) is 6.46. The summed E-state index contributed by atoms with van der Waals surface area (Å²) in [5, 5.41) is 6.20. The van der Waals surface area contributed by atoms with E-state index in [-0.39, 0.29) is 36.0 Å². The van der Waals surface area contributed by atoms with Gasteiger partial charge in [-0.3, -0.25) is 9.59 Å². The molecule has 1 fully saturated rings. The van der Waals surface area contributed by atoms with E-state index in [2.05, 4.69) is 27.8 Å². The van der Waals surface area contributed by atoms with E-state index in [4.69, 9.17) is 4.74 Å². The van der Waals surface area contributed by atoms with Gasteiger partial charge in [-0.2, -0.15) is 0 Å². The minimum atomic E-state index is -0.341. The number of nitrogens with zero attached hydrogens (tertiary/aromatic N) is 1. The van der Waals surface area contributed by atoms with Gasteiger partial charge in [0.25, 0.3) is 0 Å². The van der Waals surface area contributed by atoms with Gasteiger partial charge in [0.2, 0.25) is 5.91 Å². The number of hydrogen-bond acceptors (Lipinski definition) is 6. The Bertz CT molecular complexity index is 832. The molecule has 2 heterocycles. The summed E-state index contributed by atoms with van der Waals surface area (Å²) in [6.07, 6.45) is 0.253. The molecule has 0 bridgehead atoms. The molecule has 3 atom stereocenters. The van der Waals surface area contributed by atoms with Gasteiger partial charge in [-0.25, -0.2) is 4.98 Å². The first-order chi connectivity index (χ1) is 13.3. The van der Waals surface area contributed by atoms with Crippen molar-refractivity contribution in [3.8, 4) is 10.4 Å². The monoisotopic (exact) mass is 401 g/mol. The summed E-state index contributed by atoms with van der Waals surface area (Å²) in [4.78, 5) is 29.7. The van der Waals surface area contributed by atoms with Gasteiger partial charge in [0, 0.05) is 13.0 Å². The van der Waals surface area contributed by atoms with E-state index < -0.39 is 0 Å². The van der Waals surface area contributed by atoms with Crippen LogP contribution in [0.2, 0.25) is 0 Å². The molecule has 7 heteroatoms. The maximum Gasteiger partial charge on any atom is 0.308 e. The van der Waals surface area contributed by atoms with Gasteiger partial charge in [0.1, 0.15) is 6.10 Å². The number of nitrogens with one attached hydrogen (secondary N) is 2. The molecule has 2 N–H and O–H groups in total. The zero-order chi connectivity index (χ0) is 20.3. The standard InChI is InChI=1S/C21H27N3O3S/c1-12(2)21(26)27-17-9-18(22-10-17)20(25)24-13(3)15-5-7-16(8-6-15)19-14(4)23-11-28-19/h5-8,11-13,17-18,22H,9-10H2,1-4H3,(H,24,25). The van der Waals surface area contributed by atoms with Crippen molar-refractivity contribution in [2.45, 2.75) is 52.3 Å². The van der Waals surface area contributed by atoms with Crippen LogP contribution in [0.25, 0.3) is 10.4 Å². The first-order valence-electron chi connectivity index (χ1n) is 9.59. The number of esters is 1. The highest BCUT2D eigenvalue weighted by atomic mass is 32.1. The molecule has 0 aliphatic carbocycles. The third-order valence-electron chi connectivity index (χ3n) is 4.94. The molecule has 0 radical (unpaired) electrons. The van der Waals surface area contributed by atoms with Gasteiger partial charge in [-0.15, -0.1) is 11.3 Å². The highest BCUT2D eigenvalue weighted by Gasteiger charge is 2.32. The Hall–Kier alpha value is -2.25. The van der Waals surface area contributed by atoms with Crippen molar-refractivity contribution >= 4 is 23.2 Å². The Morgan fingerprint density at radius 2 is 1.96 bits per heavy atom. The molecule has 28 heavy (non-hydrogen) atoms. The summed E-state index contributed by atoms with van der Waals surface area (Å²) in [5.74, 6) is -0.458. The Morgan fingerprint density at radius 1 is 1.25 bits per heavy atom. The molecule has 1 saturated heterocycles. The Balaban J connectivity index is 1.54. The lowest BCUT2D eigenvalue weighted by atomic mass is 10.0. The van der Waals surface area contributed by atoms with Crippen molar-refractivity contribution in [3.05, 3.63) is 41.0 Å². The van der Waals surface area contributed by atoms with Crippen LogP contribution in [0, 0.1) is 12.8 Å². The van der Waals surface area contributed by atoms with E-state index in [0.29, 0.717) is 13.0 Å². The number of aromatic nitrogens is 1. The van der Waals surface area contributed by atoms with Crippen LogP contribution in [0.1, 0.15) is 44.5 Å². The maximum absolute atomic E-state index is 12.6. The van der Waals surface area contributed by atoms with Crippen LogP contribution in [0.4, 0.5) is 0 Å². The predicted molar refractivity (Wildman–Crippen MR) is 110 cm³/mol. The predicted octanol–water partition coefficient (Wildman–Crippen LogP) is 3.23. The zero-order valence-corrected chi connectivity index (χ0v) is 17.5. The van der Waals surface area contributed by atoms with Gasteiger partial charge in [0.05, 0.1) is 34.1 Å². The number of carbonyl (C=O) groups is 2. The minimum absolute atomic E-state index is 0.0713. The second-order valence-corrected chi connectivity index (χ2v) is 8.38. The summed E-state index contributed by atoms with van der Waals surface area (Å²) in [6.45, 7) is 8.09. The molecule has 1 aromatic carbocycles. The number of rotatable bonds is 6. The Labute approximate surface area is 169 Å². The first kappa shape index (κ1) is 20.5. The zero-order valence-electron chi connectivity index (χ0n) is 16.7. The largest absolute Gasteiger partial charge is 0.461 e. The minimum Gasteiger partial charge on any atom is -0.461 e. The number of hydrogen-bond donors (Lipinski definition) is 2. The van der Waals surface area contributed by atoms with Crippen LogP contribution in [-0.4, -0.2) is 35.6 Å². The van der Waals surface area contributed by atoms with E-state index in [9.17, 15) is 9.59 Å². The highest BCUT2D eigenvalue weighted by molar-refractivity contribution is 7.13. The average molecular weight is 402 g/mol. The molecule has 150 valence electrons. The molecule has 1 aliphatic heterocycles. The van der Waals surface area contributed by atoms with Crippen LogP contribution in [0.5, 0.6) is 0 Å². The fourth-order valence-corrected chi connectivity index (χ4v) is 4.00. The van der Waals surface area contributed by atoms with Crippen molar-refractivity contribution in [1.82, 2.24) is 15.6 Å². The van der Waals surface area contributed by atoms with Gasteiger partial charge in [-0.05, 0) is 25.0 Å². The topological polar surface area (TPSA) is 80.3 Å². The van der Waals surface area contributed by atoms with Crippen LogP contribution in [0.3, 0.4) is 0 Å². The van der Waals surface area contributed by atoms with E-state index >= 15 is 0 Å². The van der Waals surface area contributed by atoms with Crippen LogP contribution in [0.15, 0.2) is 29.8 Å². The fraction of sp³-hybridized carbons (Fsp3) is 0.476.